The molecule has 0 saturated heterocycles. The quantitative estimate of drug-likeness (QED) is 0.507. The minimum Gasteiger partial charge on any atom is -0.317 e. The van der Waals surface area contributed by atoms with Gasteiger partial charge in [0.2, 0.25) is 6.54 Å². The Labute approximate surface area is 54.9 Å². The third kappa shape index (κ3) is 1.44. The minimum absolute atomic E-state index is 0.558. The van der Waals surface area contributed by atoms with E-state index in [4.69, 9.17) is 11.8 Å². The summed E-state index contributed by atoms with van der Waals surface area (Å²) in [5, 5.41) is 8.24. The van der Waals surface area contributed by atoms with Crippen LogP contribution in [0.2, 0.25) is 0 Å². The highest BCUT2D eigenvalue weighted by atomic mass is 14.7. The molecule has 1 aliphatic rings. The van der Waals surface area contributed by atoms with Crippen LogP contribution in [0.3, 0.4) is 0 Å². The van der Waals surface area contributed by atoms with Crippen LogP contribution in [0.1, 0.15) is 12.8 Å². The fourth-order valence-electron chi connectivity index (χ4n) is 1.02. The first kappa shape index (κ1) is 6.11. The van der Waals surface area contributed by atoms with Crippen LogP contribution < -0.4 is 0 Å². The van der Waals surface area contributed by atoms with Gasteiger partial charge in [-0.2, -0.15) is 5.26 Å². The Bertz CT molecular complexity index is 152. The van der Waals surface area contributed by atoms with Crippen LogP contribution in [0.15, 0.2) is 0 Å². The number of rotatable bonds is 2. The van der Waals surface area contributed by atoms with Crippen LogP contribution in [0.5, 0.6) is 0 Å². The zero-order valence-corrected chi connectivity index (χ0v) is 5.17. The lowest BCUT2D eigenvalue weighted by atomic mass is 10.2. The first-order valence-electron chi connectivity index (χ1n) is 3.08. The molecule has 2 unspecified atom stereocenters. The Morgan fingerprint density at radius 1 is 1.67 bits per heavy atom. The van der Waals surface area contributed by atoms with E-state index >= 15 is 0 Å². The van der Waals surface area contributed by atoms with Gasteiger partial charge in [-0.3, -0.25) is 0 Å². The van der Waals surface area contributed by atoms with E-state index in [0.29, 0.717) is 24.8 Å². The van der Waals surface area contributed by atoms with E-state index in [1.165, 1.54) is 0 Å². The molecular weight excluding hydrogens is 112 g/mol. The normalized spacial score (nSPS) is 30.4. The summed E-state index contributed by atoms with van der Waals surface area (Å²) in [5.74, 6) is 1.12. The molecule has 46 valence electrons. The second kappa shape index (κ2) is 2.51. The average Bonchev–Trinajstić information content (AvgIpc) is 2.50. The van der Waals surface area contributed by atoms with Crippen LogP contribution in [0.25, 0.3) is 4.85 Å². The molecule has 0 aromatic rings. The molecular formula is C7H8N2. The molecule has 0 aromatic carbocycles. The lowest BCUT2D eigenvalue weighted by Crippen LogP contribution is -1.83. The van der Waals surface area contributed by atoms with E-state index < -0.39 is 0 Å². The maximum Gasteiger partial charge on any atom is 0.217 e. The van der Waals surface area contributed by atoms with E-state index in [-0.39, 0.29) is 0 Å². The zero-order valence-electron chi connectivity index (χ0n) is 5.17. The van der Waals surface area contributed by atoms with Gasteiger partial charge in [0.1, 0.15) is 0 Å². The summed E-state index contributed by atoms with van der Waals surface area (Å²) in [6, 6.07) is 2.12. The molecule has 0 spiro atoms. The molecule has 0 bridgehead atoms. The fraction of sp³-hybridized carbons (Fsp3) is 0.714. The van der Waals surface area contributed by atoms with Crippen LogP contribution in [0.4, 0.5) is 0 Å². The van der Waals surface area contributed by atoms with Crippen molar-refractivity contribution in [3.63, 3.8) is 0 Å². The second-order valence-electron chi connectivity index (χ2n) is 2.46. The summed E-state index contributed by atoms with van der Waals surface area (Å²) >= 11 is 0. The molecule has 0 amide bonds. The van der Waals surface area contributed by atoms with E-state index in [9.17, 15) is 0 Å². The highest BCUT2D eigenvalue weighted by molar-refractivity contribution is 4.95. The largest absolute Gasteiger partial charge is 0.317 e. The molecule has 9 heavy (non-hydrogen) atoms. The summed E-state index contributed by atoms with van der Waals surface area (Å²) in [6.45, 7) is 7.17. The Balaban J connectivity index is 2.13. The molecule has 0 heterocycles. The predicted molar refractivity (Wildman–Crippen MR) is 33.3 cm³/mol. The molecule has 1 saturated carbocycles. The molecule has 2 atom stereocenters. The van der Waals surface area contributed by atoms with Crippen molar-refractivity contribution >= 4 is 0 Å². The van der Waals surface area contributed by atoms with Gasteiger partial charge in [-0.05, 0) is 12.3 Å². The van der Waals surface area contributed by atoms with E-state index in [1.54, 1.807) is 0 Å². The Morgan fingerprint density at radius 2 is 2.44 bits per heavy atom. The van der Waals surface area contributed by atoms with Gasteiger partial charge in [-0.15, -0.1) is 0 Å². The highest BCUT2D eigenvalue weighted by Gasteiger charge is 2.38. The molecule has 0 aromatic heterocycles. The molecule has 0 N–H and O–H groups in total. The number of nitrogens with zero attached hydrogens (tertiary/aromatic N) is 2. The minimum atomic E-state index is 0.558. The van der Waals surface area contributed by atoms with Gasteiger partial charge in [-0.25, -0.2) is 6.57 Å². The summed E-state index contributed by atoms with van der Waals surface area (Å²) in [7, 11) is 0. The third-order valence-electron chi connectivity index (χ3n) is 1.75. The van der Waals surface area contributed by atoms with Crippen molar-refractivity contribution in [3.8, 4) is 6.07 Å². The second-order valence-corrected chi connectivity index (χ2v) is 2.46. The van der Waals surface area contributed by atoms with Crippen LogP contribution in [0, 0.1) is 29.7 Å². The Morgan fingerprint density at radius 3 is 3.00 bits per heavy atom. The molecule has 1 aliphatic carbocycles. The topological polar surface area (TPSA) is 28.1 Å². The Hall–Kier alpha value is -1.02. The molecule has 0 aliphatic heterocycles. The fourth-order valence-corrected chi connectivity index (χ4v) is 1.02. The molecule has 2 heteroatoms. The number of nitriles is 1. The van der Waals surface area contributed by atoms with Gasteiger partial charge in [0.25, 0.3) is 0 Å². The van der Waals surface area contributed by atoms with Crippen LogP contribution in [-0.4, -0.2) is 6.54 Å². The summed E-state index contributed by atoms with van der Waals surface area (Å²) in [4.78, 5) is 3.27. The lowest BCUT2D eigenvalue weighted by molar-refractivity contribution is 0.757. The molecule has 0 radical (unpaired) electrons. The SMILES string of the molecule is [C-]#[N+]CC1CC1CC#N. The lowest BCUT2D eigenvalue weighted by Gasteiger charge is -1.80. The smallest absolute Gasteiger partial charge is 0.217 e. The van der Waals surface area contributed by atoms with E-state index in [0.717, 1.165) is 6.42 Å². The van der Waals surface area contributed by atoms with E-state index in [1.807, 2.05) is 0 Å². The maximum atomic E-state index is 8.24. The van der Waals surface area contributed by atoms with Gasteiger partial charge >= 0.3 is 0 Å². The van der Waals surface area contributed by atoms with Crippen molar-refractivity contribution in [1.82, 2.24) is 0 Å². The van der Waals surface area contributed by atoms with Gasteiger partial charge < -0.3 is 4.85 Å². The van der Waals surface area contributed by atoms with Crippen molar-refractivity contribution in [2.24, 2.45) is 11.8 Å². The third-order valence-corrected chi connectivity index (χ3v) is 1.75. The first-order chi connectivity index (χ1) is 4.38. The molecule has 1 fully saturated rings. The standard InChI is InChI=1S/C7H8N2/c1-9-5-7-4-6(7)2-3-8/h6-7H,2,4-5H2. The molecule has 1 rings (SSSR count). The van der Waals surface area contributed by atoms with Crippen molar-refractivity contribution in [2.75, 3.05) is 6.54 Å². The number of hydrogen-bond acceptors (Lipinski definition) is 1. The molecule has 2 nitrogen and oxygen atoms in total. The van der Waals surface area contributed by atoms with Crippen molar-refractivity contribution in [1.29, 1.82) is 5.26 Å². The van der Waals surface area contributed by atoms with Crippen LogP contribution in [-0.2, 0) is 0 Å². The summed E-state index contributed by atoms with van der Waals surface area (Å²) in [5.41, 5.74) is 0. The van der Waals surface area contributed by atoms with Gasteiger partial charge in [0.05, 0.1) is 6.07 Å². The van der Waals surface area contributed by atoms with Gasteiger partial charge in [-0.1, -0.05) is 0 Å². The van der Waals surface area contributed by atoms with Gasteiger partial charge in [0, 0.05) is 12.3 Å². The van der Waals surface area contributed by atoms with Crippen molar-refractivity contribution < 1.29 is 0 Å². The average molecular weight is 120 g/mol. The summed E-state index contributed by atoms with van der Waals surface area (Å²) < 4.78 is 0. The predicted octanol–water partition coefficient (Wildman–Crippen LogP) is 1.46. The maximum absolute atomic E-state index is 8.24. The highest BCUT2D eigenvalue weighted by Crippen LogP contribution is 2.40. The zero-order chi connectivity index (χ0) is 6.69. The Kier molecular flexibility index (Phi) is 1.70. The van der Waals surface area contributed by atoms with E-state index in [2.05, 4.69) is 10.9 Å². The van der Waals surface area contributed by atoms with Crippen molar-refractivity contribution in [2.45, 2.75) is 12.8 Å². The van der Waals surface area contributed by atoms with Crippen molar-refractivity contribution in [3.05, 3.63) is 11.4 Å². The monoisotopic (exact) mass is 120 g/mol. The van der Waals surface area contributed by atoms with Gasteiger partial charge in [0.15, 0.2) is 0 Å². The van der Waals surface area contributed by atoms with Crippen LogP contribution >= 0.6 is 0 Å². The summed E-state index contributed by atoms with van der Waals surface area (Å²) in [6.07, 6.45) is 1.76. The first-order valence-corrected chi connectivity index (χ1v) is 3.08. The number of hydrogen-bond donors (Lipinski definition) is 0.